The number of hydrogen-bond acceptors (Lipinski definition) is 3. The van der Waals surface area contributed by atoms with E-state index in [-0.39, 0.29) is 0 Å². The molecular formula is C19H13ClN2S. The molecule has 4 heteroatoms. The summed E-state index contributed by atoms with van der Waals surface area (Å²) in [6, 6.07) is 19.6. The van der Waals surface area contributed by atoms with E-state index in [4.69, 9.17) is 11.6 Å². The standard InChI is InChI=1S/C19H13ClN2S/c1-23-19-15(9-14-5-2-3-8-18(14)22-19)10-16(12-21)13-6-4-7-17(20)11-13/h2-11H,1H3. The fraction of sp³-hybridized carbons (Fsp3) is 0.0526. The number of benzene rings is 2. The predicted octanol–water partition coefficient (Wildman–Crippen LogP) is 5.67. The molecule has 0 amide bonds. The van der Waals surface area contributed by atoms with Crippen molar-refractivity contribution >= 4 is 45.9 Å². The Balaban J connectivity index is 2.16. The average Bonchev–Trinajstić information content (AvgIpc) is 2.58. The van der Waals surface area contributed by atoms with Crippen molar-refractivity contribution < 1.29 is 0 Å². The number of allylic oxidation sites excluding steroid dienone is 1. The van der Waals surface area contributed by atoms with Crippen LogP contribution < -0.4 is 0 Å². The van der Waals surface area contributed by atoms with E-state index in [1.807, 2.05) is 48.7 Å². The summed E-state index contributed by atoms with van der Waals surface area (Å²) < 4.78 is 0. The number of rotatable bonds is 3. The summed E-state index contributed by atoms with van der Waals surface area (Å²) in [6.45, 7) is 0. The third-order valence-corrected chi connectivity index (χ3v) is 4.41. The van der Waals surface area contributed by atoms with Crippen molar-refractivity contribution in [1.82, 2.24) is 4.98 Å². The Morgan fingerprint density at radius 2 is 2.00 bits per heavy atom. The first-order valence-electron chi connectivity index (χ1n) is 7.03. The van der Waals surface area contributed by atoms with Gasteiger partial charge in [0.25, 0.3) is 0 Å². The first kappa shape index (κ1) is 15.6. The molecule has 0 aliphatic rings. The smallest absolute Gasteiger partial charge is 0.104 e. The number of thioether (sulfide) groups is 1. The Bertz CT molecular complexity index is 941. The average molecular weight is 337 g/mol. The molecule has 3 aromatic rings. The highest BCUT2D eigenvalue weighted by atomic mass is 35.5. The second kappa shape index (κ2) is 6.87. The Hall–Kier alpha value is -2.28. The first-order valence-corrected chi connectivity index (χ1v) is 8.63. The van der Waals surface area contributed by atoms with Crippen molar-refractivity contribution in [2.75, 3.05) is 6.26 Å². The normalized spacial score (nSPS) is 11.4. The molecule has 2 aromatic carbocycles. The zero-order chi connectivity index (χ0) is 16.2. The lowest BCUT2D eigenvalue weighted by Gasteiger charge is -2.07. The molecule has 0 aliphatic carbocycles. The molecule has 0 N–H and O–H groups in total. The summed E-state index contributed by atoms with van der Waals surface area (Å²) in [4.78, 5) is 4.68. The van der Waals surface area contributed by atoms with Gasteiger partial charge in [0.1, 0.15) is 5.03 Å². The first-order chi connectivity index (χ1) is 11.2. The van der Waals surface area contributed by atoms with Crippen LogP contribution >= 0.6 is 23.4 Å². The number of hydrogen-bond donors (Lipinski definition) is 0. The molecule has 23 heavy (non-hydrogen) atoms. The molecule has 0 fully saturated rings. The van der Waals surface area contributed by atoms with Gasteiger partial charge in [-0.3, -0.25) is 0 Å². The van der Waals surface area contributed by atoms with Gasteiger partial charge >= 0.3 is 0 Å². The molecule has 1 aromatic heterocycles. The maximum atomic E-state index is 9.52. The van der Waals surface area contributed by atoms with E-state index >= 15 is 0 Å². The molecule has 0 bridgehead atoms. The van der Waals surface area contributed by atoms with Crippen LogP contribution in [0.5, 0.6) is 0 Å². The highest BCUT2D eigenvalue weighted by molar-refractivity contribution is 7.98. The topological polar surface area (TPSA) is 36.7 Å². The van der Waals surface area contributed by atoms with E-state index < -0.39 is 0 Å². The quantitative estimate of drug-likeness (QED) is 0.456. The summed E-state index contributed by atoms with van der Waals surface area (Å²) in [5.41, 5.74) is 3.27. The van der Waals surface area contributed by atoms with Gasteiger partial charge in [0.05, 0.1) is 17.2 Å². The van der Waals surface area contributed by atoms with E-state index in [2.05, 4.69) is 17.1 Å². The maximum absolute atomic E-state index is 9.52. The summed E-state index contributed by atoms with van der Waals surface area (Å²) in [5.74, 6) is 0. The van der Waals surface area contributed by atoms with Crippen LogP contribution in [0.25, 0.3) is 22.6 Å². The number of nitrogens with zero attached hydrogens (tertiary/aromatic N) is 2. The SMILES string of the molecule is CSc1nc2ccccc2cc1C=C(C#N)c1cccc(Cl)c1. The number of halogens is 1. The molecule has 0 saturated carbocycles. The molecule has 0 saturated heterocycles. The minimum atomic E-state index is 0.569. The molecule has 112 valence electrons. The van der Waals surface area contributed by atoms with Gasteiger partial charge in [0.2, 0.25) is 0 Å². The minimum absolute atomic E-state index is 0.569. The van der Waals surface area contributed by atoms with Gasteiger partial charge in [-0.05, 0) is 42.2 Å². The van der Waals surface area contributed by atoms with Crippen molar-refractivity contribution in [2.45, 2.75) is 5.03 Å². The summed E-state index contributed by atoms with van der Waals surface area (Å²) in [6.07, 6.45) is 3.86. The van der Waals surface area contributed by atoms with Gasteiger partial charge in [-0.15, -0.1) is 11.8 Å². The molecule has 0 unspecified atom stereocenters. The molecule has 0 aliphatic heterocycles. The predicted molar refractivity (Wildman–Crippen MR) is 98.5 cm³/mol. The molecule has 3 rings (SSSR count). The van der Waals surface area contributed by atoms with E-state index in [1.54, 1.807) is 23.9 Å². The second-order valence-corrected chi connectivity index (χ2v) is 6.19. The van der Waals surface area contributed by atoms with E-state index in [0.29, 0.717) is 10.6 Å². The second-order valence-electron chi connectivity index (χ2n) is 4.96. The number of aromatic nitrogens is 1. The Morgan fingerprint density at radius 1 is 1.17 bits per heavy atom. The zero-order valence-electron chi connectivity index (χ0n) is 12.5. The lowest BCUT2D eigenvalue weighted by Crippen LogP contribution is -1.89. The molecule has 2 nitrogen and oxygen atoms in total. The molecule has 0 spiro atoms. The van der Waals surface area contributed by atoms with Crippen molar-refractivity contribution in [3.05, 3.63) is 70.7 Å². The van der Waals surface area contributed by atoms with Crippen molar-refractivity contribution in [1.29, 1.82) is 5.26 Å². The molecule has 0 atom stereocenters. The molecular weight excluding hydrogens is 324 g/mol. The van der Waals surface area contributed by atoms with Gasteiger partial charge in [-0.2, -0.15) is 5.26 Å². The van der Waals surface area contributed by atoms with Crippen LogP contribution in [-0.4, -0.2) is 11.2 Å². The van der Waals surface area contributed by atoms with Gasteiger partial charge in [0.15, 0.2) is 0 Å². The highest BCUT2D eigenvalue weighted by Crippen LogP contribution is 2.28. The van der Waals surface area contributed by atoms with Crippen LogP contribution in [0, 0.1) is 11.3 Å². The Labute approximate surface area is 144 Å². The number of fused-ring (bicyclic) bond motifs is 1. The van der Waals surface area contributed by atoms with Gasteiger partial charge < -0.3 is 0 Å². The lowest BCUT2D eigenvalue weighted by atomic mass is 10.0. The van der Waals surface area contributed by atoms with E-state index in [1.165, 1.54) is 0 Å². The third kappa shape index (κ3) is 3.39. The van der Waals surface area contributed by atoms with Gasteiger partial charge in [0, 0.05) is 16.0 Å². The summed E-state index contributed by atoms with van der Waals surface area (Å²) in [5, 5.41) is 12.1. The largest absolute Gasteiger partial charge is 0.241 e. The van der Waals surface area contributed by atoms with Crippen molar-refractivity contribution in [2.24, 2.45) is 0 Å². The molecule has 0 radical (unpaired) electrons. The number of nitriles is 1. The van der Waals surface area contributed by atoms with Crippen LogP contribution in [0.15, 0.2) is 59.6 Å². The van der Waals surface area contributed by atoms with Crippen LogP contribution in [0.2, 0.25) is 5.02 Å². The van der Waals surface area contributed by atoms with Crippen molar-refractivity contribution in [3.8, 4) is 6.07 Å². The van der Waals surface area contributed by atoms with E-state index in [0.717, 1.165) is 27.1 Å². The Morgan fingerprint density at radius 3 is 2.74 bits per heavy atom. The fourth-order valence-corrected chi connectivity index (χ4v) is 3.11. The summed E-state index contributed by atoms with van der Waals surface area (Å²) in [7, 11) is 0. The maximum Gasteiger partial charge on any atom is 0.104 e. The number of para-hydroxylation sites is 1. The third-order valence-electron chi connectivity index (χ3n) is 3.47. The van der Waals surface area contributed by atoms with Gasteiger partial charge in [-0.25, -0.2) is 4.98 Å². The van der Waals surface area contributed by atoms with Crippen LogP contribution in [0.1, 0.15) is 11.1 Å². The highest BCUT2D eigenvalue weighted by Gasteiger charge is 2.07. The van der Waals surface area contributed by atoms with E-state index in [9.17, 15) is 5.26 Å². The van der Waals surface area contributed by atoms with Crippen LogP contribution in [0.4, 0.5) is 0 Å². The van der Waals surface area contributed by atoms with Crippen LogP contribution in [0.3, 0.4) is 0 Å². The zero-order valence-corrected chi connectivity index (χ0v) is 14.0. The number of pyridine rings is 1. The lowest BCUT2D eigenvalue weighted by molar-refractivity contribution is 1.18. The van der Waals surface area contributed by atoms with Crippen LogP contribution in [-0.2, 0) is 0 Å². The van der Waals surface area contributed by atoms with Crippen molar-refractivity contribution in [3.63, 3.8) is 0 Å². The minimum Gasteiger partial charge on any atom is -0.241 e. The van der Waals surface area contributed by atoms with Gasteiger partial charge in [-0.1, -0.05) is 41.9 Å². The summed E-state index contributed by atoms with van der Waals surface area (Å²) >= 11 is 7.60. The molecule has 1 heterocycles. The fourth-order valence-electron chi connectivity index (χ4n) is 2.37. The monoisotopic (exact) mass is 336 g/mol. The Kier molecular flexibility index (Phi) is 4.66.